The molecule has 0 radical (unpaired) electrons. The highest BCUT2D eigenvalue weighted by atomic mass is 79.9. The highest BCUT2D eigenvalue weighted by molar-refractivity contribution is 9.10. The zero-order valence-corrected chi connectivity index (χ0v) is 14.2. The Morgan fingerprint density at radius 1 is 1.25 bits per heavy atom. The van der Waals surface area contributed by atoms with Crippen molar-refractivity contribution in [2.45, 2.75) is 57.0 Å². The molecule has 2 fully saturated rings. The van der Waals surface area contributed by atoms with E-state index in [1.54, 1.807) is 7.11 Å². The van der Waals surface area contributed by atoms with Crippen molar-refractivity contribution < 1.29 is 4.74 Å². The monoisotopic (exact) mass is 356 g/mol. The maximum atomic E-state index is 5.77. The van der Waals surface area contributed by atoms with Crippen molar-refractivity contribution in [1.29, 1.82) is 0 Å². The van der Waals surface area contributed by atoms with Crippen LogP contribution in [0.2, 0.25) is 0 Å². The molecule has 3 rings (SSSR count). The fourth-order valence-electron chi connectivity index (χ4n) is 3.25. The lowest BCUT2D eigenvalue weighted by atomic mass is 9.85. The van der Waals surface area contributed by atoms with Gasteiger partial charge in [-0.1, -0.05) is 31.5 Å². The summed E-state index contributed by atoms with van der Waals surface area (Å²) in [5.41, 5.74) is 1.22. The van der Waals surface area contributed by atoms with Crippen molar-refractivity contribution in [3.63, 3.8) is 0 Å². The molecule has 0 saturated heterocycles. The highest BCUT2D eigenvalue weighted by Gasteiger charge is 2.31. The molecular weight excluding hydrogens is 336 g/mol. The van der Waals surface area contributed by atoms with E-state index in [4.69, 9.17) is 17.0 Å². The van der Waals surface area contributed by atoms with Crippen LogP contribution in [0.5, 0.6) is 0 Å². The van der Waals surface area contributed by atoms with E-state index in [9.17, 15) is 0 Å². The molecule has 20 heavy (non-hydrogen) atoms. The van der Waals surface area contributed by atoms with Crippen molar-refractivity contribution in [2.75, 3.05) is 7.11 Å². The van der Waals surface area contributed by atoms with Crippen molar-refractivity contribution in [1.82, 2.24) is 9.97 Å². The Morgan fingerprint density at radius 2 is 1.95 bits per heavy atom. The summed E-state index contributed by atoms with van der Waals surface area (Å²) in [4.78, 5) is 8.09. The van der Waals surface area contributed by atoms with Crippen LogP contribution in [0, 0.1) is 10.6 Å². The SMILES string of the molecule is COC(c1nc(=S)c(Br)c(C2CC2)[nH]1)C1CCCCC1. The Hall–Kier alpha value is -0.260. The molecule has 2 saturated carbocycles. The van der Waals surface area contributed by atoms with Crippen LogP contribution in [-0.4, -0.2) is 17.1 Å². The molecular formula is C15H21BrN2OS. The largest absolute Gasteiger partial charge is 0.373 e. The van der Waals surface area contributed by atoms with Crippen molar-refractivity contribution >= 4 is 28.1 Å². The Balaban J connectivity index is 1.92. The lowest BCUT2D eigenvalue weighted by molar-refractivity contribution is 0.0286. The lowest BCUT2D eigenvalue weighted by Gasteiger charge is -2.29. The maximum Gasteiger partial charge on any atom is 0.144 e. The molecule has 1 atom stereocenters. The Labute approximate surface area is 133 Å². The number of nitrogens with zero attached hydrogens (tertiary/aromatic N) is 1. The van der Waals surface area contributed by atoms with Gasteiger partial charge in [-0.15, -0.1) is 0 Å². The summed E-state index contributed by atoms with van der Waals surface area (Å²) in [6.45, 7) is 0. The summed E-state index contributed by atoms with van der Waals surface area (Å²) in [5, 5.41) is 0. The van der Waals surface area contributed by atoms with Crippen molar-refractivity contribution in [2.24, 2.45) is 5.92 Å². The molecule has 5 heteroatoms. The minimum Gasteiger partial charge on any atom is -0.373 e. The molecule has 110 valence electrons. The molecule has 2 aliphatic rings. The molecule has 1 aromatic heterocycles. The van der Waals surface area contributed by atoms with Crippen LogP contribution in [0.3, 0.4) is 0 Å². The van der Waals surface area contributed by atoms with Crippen molar-refractivity contribution in [3.05, 3.63) is 20.6 Å². The number of aromatic nitrogens is 2. The van der Waals surface area contributed by atoms with Crippen LogP contribution in [0.4, 0.5) is 0 Å². The molecule has 1 unspecified atom stereocenters. The zero-order chi connectivity index (χ0) is 14.1. The van der Waals surface area contributed by atoms with Gasteiger partial charge in [-0.05, 0) is 47.5 Å². The van der Waals surface area contributed by atoms with E-state index in [2.05, 4.69) is 25.9 Å². The van der Waals surface area contributed by atoms with E-state index < -0.39 is 0 Å². The lowest BCUT2D eigenvalue weighted by Crippen LogP contribution is -2.21. The summed E-state index contributed by atoms with van der Waals surface area (Å²) in [7, 11) is 1.79. The van der Waals surface area contributed by atoms with E-state index in [1.807, 2.05) is 0 Å². The van der Waals surface area contributed by atoms with E-state index in [0.29, 0.717) is 16.5 Å². The van der Waals surface area contributed by atoms with Gasteiger partial charge in [0, 0.05) is 18.7 Å². The van der Waals surface area contributed by atoms with Gasteiger partial charge < -0.3 is 9.72 Å². The highest BCUT2D eigenvalue weighted by Crippen LogP contribution is 2.43. The summed E-state index contributed by atoms with van der Waals surface area (Å²) < 4.78 is 7.41. The number of rotatable bonds is 4. The Kier molecular flexibility index (Phi) is 4.58. The number of hydrogen-bond donors (Lipinski definition) is 1. The van der Waals surface area contributed by atoms with Crippen molar-refractivity contribution in [3.8, 4) is 0 Å². The van der Waals surface area contributed by atoms with Gasteiger partial charge in [0.1, 0.15) is 16.6 Å². The maximum absolute atomic E-state index is 5.77. The third-order valence-electron chi connectivity index (χ3n) is 4.50. The van der Waals surface area contributed by atoms with Gasteiger partial charge >= 0.3 is 0 Å². The second-order valence-electron chi connectivity index (χ2n) is 5.98. The van der Waals surface area contributed by atoms with E-state index in [0.717, 1.165) is 10.3 Å². The van der Waals surface area contributed by atoms with Gasteiger partial charge in [-0.25, -0.2) is 4.98 Å². The fourth-order valence-corrected chi connectivity index (χ4v) is 3.97. The standard InChI is InChI=1S/C15H21BrN2OS/c1-19-13(10-5-3-2-4-6-10)14-17-12(9-7-8-9)11(16)15(20)18-14/h9-10,13H,2-8H2,1H3,(H,17,18,20). The van der Waals surface area contributed by atoms with Gasteiger partial charge in [0.05, 0.1) is 4.47 Å². The normalized spacial score (nSPS) is 21.9. The summed E-state index contributed by atoms with van der Waals surface area (Å²) in [6, 6.07) is 0. The van der Waals surface area contributed by atoms with Crippen LogP contribution in [0.25, 0.3) is 0 Å². The van der Waals surface area contributed by atoms with E-state index >= 15 is 0 Å². The second-order valence-corrected chi connectivity index (χ2v) is 7.16. The van der Waals surface area contributed by atoms with Crippen LogP contribution < -0.4 is 0 Å². The zero-order valence-electron chi connectivity index (χ0n) is 11.8. The van der Waals surface area contributed by atoms with Gasteiger partial charge in [0.25, 0.3) is 0 Å². The van der Waals surface area contributed by atoms with Gasteiger partial charge in [-0.2, -0.15) is 0 Å². The summed E-state index contributed by atoms with van der Waals surface area (Å²) in [5.74, 6) is 2.12. The van der Waals surface area contributed by atoms with Crippen LogP contribution in [0.15, 0.2) is 4.47 Å². The molecule has 3 nitrogen and oxygen atoms in total. The van der Waals surface area contributed by atoms with E-state index in [1.165, 1.54) is 50.6 Å². The first-order valence-corrected chi connectivity index (χ1v) is 8.73. The van der Waals surface area contributed by atoms with Gasteiger partial charge in [0.2, 0.25) is 0 Å². The number of methoxy groups -OCH3 is 1. The number of H-pyrrole nitrogens is 1. The first kappa shape index (κ1) is 14.7. The molecule has 0 spiro atoms. The number of ether oxygens (including phenoxy) is 1. The Morgan fingerprint density at radius 3 is 2.55 bits per heavy atom. The average Bonchev–Trinajstić information content (AvgIpc) is 3.29. The van der Waals surface area contributed by atoms with Gasteiger partial charge in [0.15, 0.2) is 0 Å². The van der Waals surface area contributed by atoms with Crippen LogP contribution >= 0.6 is 28.1 Å². The minimum atomic E-state index is 0.0580. The van der Waals surface area contributed by atoms with Gasteiger partial charge in [-0.3, -0.25) is 0 Å². The Bertz CT molecular complexity index is 535. The molecule has 0 amide bonds. The molecule has 1 aromatic rings. The molecule has 0 bridgehead atoms. The predicted octanol–water partition coefficient (Wildman–Crippen LogP) is 5.05. The number of halogens is 1. The topological polar surface area (TPSA) is 37.9 Å². The summed E-state index contributed by atoms with van der Waals surface area (Å²) >= 11 is 8.99. The molecule has 0 aromatic carbocycles. The smallest absolute Gasteiger partial charge is 0.144 e. The third kappa shape index (κ3) is 3.00. The number of aromatic amines is 1. The molecule has 1 N–H and O–H groups in total. The minimum absolute atomic E-state index is 0.0580. The van der Waals surface area contributed by atoms with Crippen LogP contribution in [0.1, 0.15) is 68.5 Å². The molecule has 0 aliphatic heterocycles. The summed E-state index contributed by atoms with van der Waals surface area (Å²) in [6.07, 6.45) is 8.97. The second kappa shape index (κ2) is 6.24. The number of hydrogen-bond acceptors (Lipinski definition) is 3. The molecule has 2 aliphatic carbocycles. The quantitative estimate of drug-likeness (QED) is 0.767. The first-order valence-electron chi connectivity index (χ1n) is 7.53. The first-order chi connectivity index (χ1) is 9.70. The number of nitrogens with one attached hydrogen (secondary N) is 1. The van der Waals surface area contributed by atoms with E-state index in [-0.39, 0.29) is 6.10 Å². The molecule has 1 heterocycles. The fraction of sp³-hybridized carbons (Fsp3) is 0.733. The average molecular weight is 357 g/mol. The predicted molar refractivity (Wildman–Crippen MR) is 85.4 cm³/mol. The third-order valence-corrected chi connectivity index (χ3v) is 5.86. The van der Waals surface area contributed by atoms with Crippen LogP contribution in [-0.2, 0) is 4.74 Å².